The largest absolute Gasteiger partial charge is 0.345 e. The van der Waals surface area contributed by atoms with Crippen molar-refractivity contribution >= 4 is 17.5 Å². The molecular formula is C26H25N5O2. The van der Waals surface area contributed by atoms with E-state index in [2.05, 4.69) is 20.7 Å². The Balaban J connectivity index is 1.48. The molecule has 0 radical (unpaired) electrons. The summed E-state index contributed by atoms with van der Waals surface area (Å²) >= 11 is 0. The van der Waals surface area contributed by atoms with Gasteiger partial charge in [0.25, 0.3) is 5.91 Å². The highest BCUT2D eigenvalue weighted by Gasteiger charge is 2.18. The minimum Gasteiger partial charge on any atom is -0.345 e. The van der Waals surface area contributed by atoms with Crippen molar-refractivity contribution in [3.8, 4) is 11.4 Å². The summed E-state index contributed by atoms with van der Waals surface area (Å²) in [6.45, 7) is 3.68. The number of benzene rings is 3. The number of carbonyl (C=O) groups is 2. The molecule has 2 amide bonds. The molecule has 3 aromatic carbocycles. The fraction of sp³-hybridized carbons (Fsp3) is 0.154. The summed E-state index contributed by atoms with van der Waals surface area (Å²) in [6.07, 6.45) is 0. The normalized spacial score (nSPS) is 11.6. The van der Waals surface area contributed by atoms with Crippen molar-refractivity contribution in [1.82, 2.24) is 20.1 Å². The van der Waals surface area contributed by atoms with Gasteiger partial charge in [0.15, 0.2) is 5.82 Å². The number of hydrogen-bond acceptors (Lipinski definition) is 4. The van der Waals surface area contributed by atoms with Gasteiger partial charge in [-0.2, -0.15) is 5.10 Å². The number of anilines is 1. The van der Waals surface area contributed by atoms with Crippen LogP contribution in [-0.2, 0) is 11.3 Å². The number of rotatable bonds is 7. The average Bonchev–Trinajstić information content (AvgIpc) is 3.20. The predicted molar refractivity (Wildman–Crippen MR) is 128 cm³/mol. The molecule has 2 N–H and O–H groups in total. The third-order valence-corrected chi connectivity index (χ3v) is 5.20. The number of amides is 2. The van der Waals surface area contributed by atoms with Crippen LogP contribution in [0.1, 0.15) is 34.7 Å². The van der Waals surface area contributed by atoms with Gasteiger partial charge in [0.05, 0.1) is 17.3 Å². The van der Waals surface area contributed by atoms with E-state index in [1.807, 2.05) is 67.6 Å². The summed E-state index contributed by atoms with van der Waals surface area (Å²) in [5.74, 6) is 0.638. The molecule has 0 spiro atoms. The Hall–Kier alpha value is -4.26. The molecule has 1 aromatic heterocycles. The van der Waals surface area contributed by atoms with Crippen molar-refractivity contribution in [1.29, 1.82) is 0 Å². The van der Waals surface area contributed by atoms with Gasteiger partial charge in [-0.25, -0.2) is 9.67 Å². The topological polar surface area (TPSA) is 88.9 Å². The van der Waals surface area contributed by atoms with Gasteiger partial charge >= 0.3 is 0 Å². The number of aromatic nitrogens is 3. The first-order valence-corrected chi connectivity index (χ1v) is 10.7. The number of hydrogen-bond donors (Lipinski definition) is 2. The third kappa shape index (κ3) is 5.33. The second-order valence-electron chi connectivity index (χ2n) is 7.71. The van der Waals surface area contributed by atoms with Crippen molar-refractivity contribution in [3.63, 3.8) is 0 Å². The van der Waals surface area contributed by atoms with Gasteiger partial charge in [-0.3, -0.25) is 9.59 Å². The lowest BCUT2D eigenvalue weighted by Gasteiger charge is -2.16. The molecule has 1 unspecified atom stereocenters. The molecule has 0 bridgehead atoms. The first-order valence-electron chi connectivity index (χ1n) is 10.7. The molecule has 0 aliphatic heterocycles. The van der Waals surface area contributed by atoms with Gasteiger partial charge in [0.2, 0.25) is 5.91 Å². The van der Waals surface area contributed by atoms with Crippen LogP contribution in [0, 0.1) is 6.92 Å². The molecule has 0 saturated heterocycles. The number of para-hydroxylation sites is 1. The second-order valence-corrected chi connectivity index (χ2v) is 7.71. The molecule has 0 aliphatic rings. The van der Waals surface area contributed by atoms with Crippen molar-refractivity contribution in [2.45, 2.75) is 26.4 Å². The van der Waals surface area contributed by atoms with E-state index < -0.39 is 0 Å². The highest BCUT2D eigenvalue weighted by molar-refractivity contribution is 6.03. The summed E-state index contributed by atoms with van der Waals surface area (Å²) in [6, 6.07) is 26.1. The summed E-state index contributed by atoms with van der Waals surface area (Å²) < 4.78 is 1.57. The lowest BCUT2D eigenvalue weighted by Crippen LogP contribution is -2.28. The lowest BCUT2D eigenvalue weighted by atomic mass is 10.1. The Bertz CT molecular complexity index is 1250. The van der Waals surface area contributed by atoms with E-state index in [9.17, 15) is 9.59 Å². The summed E-state index contributed by atoms with van der Waals surface area (Å²) in [7, 11) is 0. The molecule has 0 fully saturated rings. The maximum Gasteiger partial charge on any atom is 0.253 e. The SMILES string of the molecule is Cc1nc(-c2ccccc2)n(CC(=O)Nc2ccccc2C(=O)NC(C)c2ccccc2)n1. The average molecular weight is 440 g/mol. The molecule has 0 saturated carbocycles. The van der Waals surface area contributed by atoms with Gasteiger partial charge in [0.1, 0.15) is 12.4 Å². The second kappa shape index (κ2) is 9.91. The summed E-state index contributed by atoms with van der Waals surface area (Å²) in [5.41, 5.74) is 2.72. The smallest absolute Gasteiger partial charge is 0.253 e. The maximum atomic E-state index is 12.9. The standard InChI is InChI=1S/C26H25N5O2/c1-18(20-11-5-3-6-12-20)27-26(33)22-15-9-10-16-23(22)29-24(32)17-31-25(28-19(2)30-31)21-13-7-4-8-14-21/h3-16,18H,17H2,1-2H3,(H,27,33)(H,29,32). The number of aryl methyl sites for hydroxylation is 1. The molecule has 4 aromatic rings. The molecular weight excluding hydrogens is 414 g/mol. The molecule has 7 heteroatoms. The first kappa shape index (κ1) is 22.0. The Labute approximate surface area is 192 Å². The van der Waals surface area contributed by atoms with Gasteiger partial charge in [-0.15, -0.1) is 0 Å². The lowest BCUT2D eigenvalue weighted by molar-refractivity contribution is -0.116. The van der Waals surface area contributed by atoms with Crippen molar-refractivity contribution in [2.75, 3.05) is 5.32 Å². The van der Waals surface area contributed by atoms with Gasteiger partial charge in [-0.1, -0.05) is 72.8 Å². The van der Waals surface area contributed by atoms with E-state index in [0.29, 0.717) is 22.9 Å². The zero-order valence-corrected chi connectivity index (χ0v) is 18.5. The number of carbonyl (C=O) groups excluding carboxylic acids is 2. The van der Waals surface area contributed by atoms with Crippen LogP contribution < -0.4 is 10.6 Å². The fourth-order valence-electron chi connectivity index (χ4n) is 3.58. The quantitative estimate of drug-likeness (QED) is 0.447. The van der Waals surface area contributed by atoms with Gasteiger partial charge in [-0.05, 0) is 31.5 Å². The van der Waals surface area contributed by atoms with E-state index in [-0.39, 0.29) is 24.4 Å². The van der Waals surface area contributed by atoms with Crippen LogP contribution in [0.25, 0.3) is 11.4 Å². The Kier molecular flexibility index (Phi) is 6.59. The number of nitrogens with zero attached hydrogens (tertiary/aromatic N) is 3. The first-order chi connectivity index (χ1) is 16.0. The molecule has 33 heavy (non-hydrogen) atoms. The van der Waals surface area contributed by atoms with Gasteiger partial charge < -0.3 is 10.6 Å². The number of nitrogens with one attached hydrogen (secondary N) is 2. The molecule has 7 nitrogen and oxygen atoms in total. The molecule has 4 rings (SSSR count). The minimum absolute atomic E-state index is 0.0264. The van der Waals surface area contributed by atoms with Crippen molar-refractivity contribution < 1.29 is 9.59 Å². The molecule has 0 aliphatic carbocycles. The highest BCUT2D eigenvalue weighted by atomic mass is 16.2. The van der Waals surface area contributed by atoms with E-state index in [0.717, 1.165) is 11.1 Å². The Morgan fingerprint density at radius 3 is 2.27 bits per heavy atom. The van der Waals surface area contributed by atoms with Crippen LogP contribution in [0.15, 0.2) is 84.9 Å². The van der Waals surface area contributed by atoms with Crippen LogP contribution in [0.5, 0.6) is 0 Å². The van der Waals surface area contributed by atoms with Crippen LogP contribution in [0.3, 0.4) is 0 Å². The van der Waals surface area contributed by atoms with E-state index >= 15 is 0 Å². The Morgan fingerprint density at radius 1 is 0.909 bits per heavy atom. The van der Waals surface area contributed by atoms with E-state index in [1.54, 1.807) is 35.9 Å². The maximum absolute atomic E-state index is 12.9. The summed E-state index contributed by atoms with van der Waals surface area (Å²) in [4.78, 5) is 30.3. The zero-order valence-electron chi connectivity index (χ0n) is 18.5. The molecule has 1 heterocycles. The van der Waals surface area contributed by atoms with Crippen LogP contribution in [0.2, 0.25) is 0 Å². The minimum atomic E-state index is -0.298. The van der Waals surface area contributed by atoms with Crippen LogP contribution in [0.4, 0.5) is 5.69 Å². The summed E-state index contributed by atoms with van der Waals surface area (Å²) in [5, 5.41) is 10.2. The van der Waals surface area contributed by atoms with Crippen LogP contribution >= 0.6 is 0 Å². The zero-order chi connectivity index (χ0) is 23.2. The van der Waals surface area contributed by atoms with Crippen LogP contribution in [-0.4, -0.2) is 26.6 Å². The van der Waals surface area contributed by atoms with E-state index in [4.69, 9.17) is 0 Å². The van der Waals surface area contributed by atoms with Crippen molar-refractivity contribution in [2.24, 2.45) is 0 Å². The Morgan fingerprint density at radius 2 is 1.55 bits per heavy atom. The molecule has 1 atom stereocenters. The highest BCUT2D eigenvalue weighted by Crippen LogP contribution is 2.20. The fourth-order valence-corrected chi connectivity index (χ4v) is 3.58. The predicted octanol–water partition coefficient (Wildman–Crippen LogP) is 4.38. The van der Waals surface area contributed by atoms with E-state index in [1.165, 1.54) is 0 Å². The molecule has 166 valence electrons. The van der Waals surface area contributed by atoms with Gasteiger partial charge in [0, 0.05) is 5.56 Å². The third-order valence-electron chi connectivity index (χ3n) is 5.20. The van der Waals surface area contributed by atoms with Crippen molar-refractivity contribution in [3.05, 3.63) is 102 Å². The monoisotopic (exact) mass is 439 g/mol.